The first-order valence-corrected chi connectivity index (χ1v) is 13.1. The number of carbonyl (C=O) groups is 3. The average molecular weight is 526 g/mol. The third-order valence-corrected chi connectivity index (χ3v) is 7.45. The van der Waals surface area contributed by atoms with Crippen molar-refractivity contribution in [2.24, 2.45) is 5.73 Å². The molecule has 1 heterocycles. The summed E-state index contributed by atoms with van der Waals surface area (Å²) in [5, 5.41) is 13.9. The van der Waals surface area contributed by atoms with Crippen LogP contribution in [-0.2, 0) is 19.8 Å². The smallest absolute Gasteiger partial charge is 0.321 e. The second-order valence-corrected chi connectivity index (χ2v) is 9.83. The first-order chi connectivity index (χ1) is 18.4. The minimum absolute atomic E-state index is 0.182. The van der Waals surface area contributed by atoms with E-state index in [4.69, 9.17) is 10.8 Å². The Morgan fingerprint density at radius 3 is 2.45 bits per heavy atom. The highest BCUT2D eigenvalue weighted by Gasteiger charge is 2.34. The third-order valence-electron chi connectivity index (χ3n) is 6.20. The Bertz CT molecular complexity index is 1460. The lowest BCUT2D eigenvalue weighted by Crippen LogP contribution is -2.36. The van der Waals surface area contributed by atoms with E-state index in [2.05, 4.69) is 10.3 Å². The number of aldehydes is 1. The van der Waals surface area contributed by atoms with Crippen LogP contribution in [0.3, 0.4) is 0 Å². The van der Waals surface area contributed by atoms with Gasteiger partial charge in [0.2, 0.25) is 5.91 Å². The Morgan fingerprint density at radius 2 is 1.74 bits per heavy atom. The summed E-state index contributed by atoms with van der Waals surface area (Å²) < 4.78 is 0. The Hall–Kier alpha value is -4.27. The number of amides is 1. The topological polar surface area (TPSA) is 122 Å². The van der Waals surface area contributed by atoms with Crippen molar-refractivity contribution in [1.29, 1.82) is 0 Å². The van der Waals surface area contributed by atoms with Gasteiger partial charge in [0.05, 0.1) is 5.41 Å². The number of hydrogen-bond acceptors (Lipinski definition) is 6. The summed E-state index contributed by atoms with van der Waals surface area (Å²) in [4.78, 5) is 40.3. The highest BCUT2D eigenvalue weighted by Crippen LogP contribution is 2.34. The molecule has 4 aromatic rings. The first kappa shape index (κ1) is 26.8. The molecule has 8 heteroatoms. The molecule has 0 saturated heterocycles. The van der Waals surface area contributed by atoms with Crippen LogP contribution in [0.25, 0.3) is 16.8 Å². The fraction of sp³-hybridized carbons (Fsp3) is 0.133. The molecule has 7 nitrogen and oxygen atoms in total. The number of aliphatic carboxylic acids is 1. The van der Waals surface area contributed by atoms with Crippen molar-refractivity contribution < 1.29 is 19.5 Å². The van der Waals surface area contributed by atoms with Gasteiger partial charge in [0.15, 0.2) is 0 Å². The van der Waals surface area contributed by atoms with Crippen LogP contribution in [0.1, 0.15) is 16.7 Å². The van der Waals surface area contributed by atoms with Crippen molar-refractivity contribution in [3.8, 4) is 0 Å². The molecule has 0 bridgehead atoms. The van der Waals surface area contributed by atoms with Crippen molar-refractivity contribution in [1.82, 2.24) is 4.98 Å². The monoisotopic (exact) mass is 525 g/mol. The maximum Gasteiger partial charge on any atom is 0.321 e. The number of nitrogens with zero attached hydrogens (tertiary/aromatic N) is 1. The lowest BCUT2D eigenvalue weighted by molar-refractivity contribution is -0.137. The SMILES string of the molecule is N[C@@H](CSCC(C=O)(c1ccccc1)c1ccc(C=CC(=O)Nc2ccc3cnccc3c2)cc1)C(=O)O. The molecule has 0 aliphatic rings. The third kappa shape index (κ3) is 6.34. The van der Waals surface area contributed by atoms with E-state index in [0.29, 0.717) is 11.4 Å². The second kappa shape index (κ2) is 12.3. The van der Waals surface area contributed by atoms with Gasteiger partial charge in [-0.3, -0.25) is 14.6 Å². The number of hydrogen-bond donors (Lipinski definition) is 3. The van der Waals surface area contributed by atoms with Gasteiger partial charge in [-0.2, -0.15) is 11.8 Å². The zero-order chi connectivity index (χ0) is 27.0. The quantitative estimate of drug-likeness (QED) is 0.194. The average Bonchev–Trinajstić information content (AvgIpc) is 2.95. The van der Waals surface area contributed by atoms with Crippen LogP contribution in [-0.4, -0.2) is 45.8 Å². The number of rotatable bonds is 11. The molecule has 38 heavy (non-hydrogen) atoms. The molecular formula is C30H27N3O4S. The van der Waals surface area contributed by atoms with Crippen LogP contribution < -0.4 is 11.1 Å². The van der Waals surface area contributed by atoms with E-state index in [-0.39, 0.29) is 11.7 Å². The van der Waals surface area contributed by atoms with Crippen LogP contribution in [0.4, 0.5) is 5.69 Å². The molecule has 4 rings (SSSR count). The van der Waals surface area contributed by atoms with E-state index in [1.165, 1.54) is 17.8 Å². The number of anilines is 1. The lowest BCUT2D eigenvalue weighted by atomic mass is 9.77. The summed E-state index contributed by atoms with van der Waals surface area (Å²) in [6, 6.07) is 23.3. The minimum Gasteiger partial charge on any atom is -0.480 e. The van der Waals surface area contributed by atoms with Crippen molar-refractivity contribution in [2.45, 2.75) is 11.5 Å². The van der Waals surface area contributed by atoms with Crippen LogP contribution in [0.5, 0.6) is 0 Å². The second-order valence-electron chi connectivity index (χ2n) is 8.80. The molecule has 0 aliphatic heterocycles. The molecule has 1 unspecified atom stereocenters. The fourth-order valence-electron chi connectivity index (χ4n) is 4.07. The van der Waals surface area contributed by atoms with Gasteiger partial charge in [-0.05, 0) is 46.4 Å². The fourth-order valence-corrected chi connectivity index (χ4v) is 5.30. The van der Waals surface area contributed by atoms with Gasteiger partial charge in [0.1, 0.15) is 12.3 Å². The molecule has 0 aliphatic carbocycles. The van der Waals surface area contributed by atoms with Crippen molar-refractivity contribution >= 4 is 52.5 Å². The normalized spacial score (nSPS) is 13.6. The highest BCUT2D eigenvalue weighted by atomic mass is 32.2. The van der Waals surface area contributed by atoms with E-state index in [1.807, 2.05) is 78.9 Å². The number of fused-ring (bicyclic) bond motifs is 1. The molecule has 192 valence electrons. The summed E-state index contributed by atoms with van der Waals surface area (Å²) in [5.74, 6) is -0.824. The predicted octanol–water partition coefficient (Wildman–Crippen LogP) is 4.52. The van der Waals surface area contributed by atoms with Crippen LogP contribution in [0.15, 0.2) is 97.3 Å². The molecule has 2 atom stereocenters. The summed E-state index contributed by atoms with van der Waals surface area (Å²) in [5.41, 5.74) is 7.74. The molecule has 4 N–H and O–H groups in total. The van der Waals surface area contributed by atoms with Gasteiger partial charge in [-0.1, -0.05) is 60.7 Å². The Morgan fingerprint density at radius 1 is 1.00 bits per heavy atom. The molecule has 0 fully saturated rings. The van der Waals surface area contributed by atoms with Crippen LogP contribution in [0.2, 0.25) is 0 Å². The van der Waals surface area contributed by atoms with Gasteiger partial charge < -0.3 is 21.0 Å². The van der Waals surface area contributed by atoms with Crippen LogP contribution >= 0.6 is 11.8 Å². The minimum atomic E-state index is -1.08. The largest absolute Gasteiger partial charge is 0.480 e. The number of nitrogens with one attached hydrogen (secondary N) is 1. The van der Waals surface area contributed by atoms with Crippen molar-refractivity contribution in [3.05, 3.63) is 114 Å². The number of pyridine rings is 1. The number of thioether (sulfide) groups is 1. The zero-order valence-corrected chi connectivity index (χ0v) is 21.3. The van der Waals surface area contributed by atoms with E-state index in [9.17, 15) is 14.4 Å². The number of aromatic nitrogens is 1. The molecular weight excluding hydrogens is 498 g/mol. The maximum atomic E-state index is 12.6. The number of carboxylic acids is 1. The molecule has 0 radical (unpaired) electrons. The summed E-state index contributed by atoms with van der Waals surface area (Å²) in [7, 11) is 0. The molecule has 0 saturated carbocycles. The number of benzene rings is 3. The molecule has 3 aromatic carbocycles. The summed E-state index contributed by atoms with van der Waals surface area (Å²) in [6.07, 6.45) is 7.54. The Kier molecular flexibility index (Phi) is 8.68. The van der Waals surface area contributed by atoms with Crippen LogP contribution in [0, 0.1) is 0 Å². The van der Waals surface area contributed by atoms with Gasteiger partial charge in [-0.15, -0.1) is 0 Å². The Balaban J connectivity index is 1.49. The van der Waals surface area contributed by atoms with Gasteiger partial charge in [0.25, 0.3) is 0 Å². The first-order valence-electron chi connectivity index (χ1n) is 11.9. The van der Waals surface area contributed by atoms with E-state index in [1.54, 1.807) is 18.5 Å². The van der Waals surface area contributed by atoms with E-state index < -0.39 is 17.4 Å². The van der Waals surface area contributed by atoms with Gasteiger partial charge >= 0.3 is 5.97 Å². The van der Waals surface area contributed by atoms with Gasteiger partial charge in [-0.25, -0.2) is 0 Å². The standard InChI is InChI=1S/C30H27N3O4S/c31-27(29(36)37)18-38-20-30(19-34,24-4-2-1-3-5-24)25-10-6-21(7-11-25)8-13-28(35)33-26-12-9-23-17-32-15-14-22(23)16-26/h1-17,19,27H,18,20,31H2,(H,33,35)(H,36,37)/t27-,30?/m0/s1. The maximum absolute atomic E-state index is 12.6. The van der Waals surface area contributed by atoms with Crippen molar-refractivity contribution in [3.63, 3.8) is 0 Å². The molecule has 1 aromatic heterocycles. The van der Waals surface area contributed by atoms with E-state index >= 15 is 0 Å². The van der Waals surface area contributed by atoms with Gasteiger partial charge in [0, 0.05) is 41.0 Å². The summed E-state index contributed by atoms with van der Waals surface area (Å²) >= 11 is 1.32. The lowest BCUT2D eigenvalue weighted by Gasteiger charge is -2.29. The zero-order valence-electron chi connectivity index (χ0n) is 20.5. The highest BCUT2D eigenvalue weighted by molar-refractivity contribution is 7.99. The van der Waals surface area contributed by atoms with E-state index in [0.717, 1.165) is 33.7 Å². The number of carbonyl (C=O) groups excluding carboxylic acids is 2. The number of carboxylic acid groups (broad SMARTS) is 1. The predicted molar refractivity (Wildman–Crippen MR) is 152 cm³/mol. The van der Waals surface area contributed by atoms with Crippen molar-refractivity contribution in [2.75, 3.05) is 16.8 Å². The number of nitrogens with two attached hydrogens (primary N) is 1. The molecule has 1 amide bonds. The molecule has 0 spiro atoms. The Labute approximate surface area is 224 Å². The summed E-state index contributed by atoms with van der Waals surface area (Å²) in [6.45, 7) is 0.